The van der Waals surface area contributed by atoms with E-state index in [2.05, 4.69) is 21.2 Å². The van der Waals surface area contributed by atoms with Gasteiger partial charge in [0.1, 0.15) is 0 Å². The van der Waals surface area contributed by atoms with E-state index in [1.807, 2.05) is 12.1 Å². The Labute approximate surface area is 95.9 Å². The first-order chi connectivity index (χ1) is 6.59. The molecule has 0 aliphatic rings. The molecule has 0 aromatic carbocycles. The van der Waals surface area contributed by atoms with Gasteiger partial charge < -0.3 is 15.5 Å². The second-order valence-corrected chi connectivity index (χ2v) is 5.98. The van der Waals surface area contributed by atoms with Gasteiger partial charge in [0.15, 0.2) is 0 Å². The van der Waals surface area contributed by atoms with Crippen LogP contribution in [-0.4, -0.2) is 29.0 Å². The maximum Gasteiger partial charge on any atom is 0.0701 e. The van der Waals surface area contributed by atoms with E-state index in [-0.39, 0.29) is 13.2 Å². The van der Waals surface area contributed by atoms with Crippen LogP contribution < -0.4 is 5.32 Å². The summed E-state index contributed by atoms with van der Waals surface area (Å²) in [7, 11) is 0. The molecule has 0 aliphatic carbocycles. The zero-order chi connectivity index (χ0) is 10.6. The van der Waals surface area contributed by atoms with Crippen molar-refractivity contribution in [3.8, 4) is 0 Å². The van der Waals surface area contributed by atoms with Gasteiger partial charge >= 0.3 is 0 Å². The molecule has 3 N–H and O–H groups in total. The predicted octanol–water partition coefficient (Wildman–Crippen LogP) is 1.34. The lowest BCUT2D eigenvalue weighted by atomic mass is 10.1. The molecule has 0 aliphatic heterocycles. The molecule has 3 nitrogen and oxygen atoms in total. The summed E-state index contributed by atoms with van der Waals surface area (Å²) in [6.07, 6.45) is 0. The van der Waals surface area contributed by atoms with E-state index in [9.17, 15) is 0 Å². The molecule has 0 saturated carbocycles. The molecule has 0 amide bonds. The minimum atomic E-state index is -0.601. The van der Waals surface area contributed by atoms with Gasteiger partial charge in [0.25, 0.3) is 0 Å². The van der Waals surface area contributed by atoms with Crippen molar-refractivity contribution in [3.63, 3.8) is 0 Å². The highest BCUT2D eigenvalue weighted by Gasteiger charge is 2.21. The average Bonchev–Trinajstić information content (AvgIpc) is 2.61. The number of hydrogen-bond acceptors (Lipinski definition) is 4. The monoisotopic (exact) mass is 279 g/mol. The number of aliphatic hydroxyl groups excluding tert-OH is 2. The summed E-state index contributed by atoms with van der Waals surface area (Å²) in [4.78, 5) is 1.17. The minimum Gasteiger partial charge on any atom is -0.394 e. The highest BCUT2D eigenvalue weighted by molar-refractivity contribution is 9.11. The summed E-state index contributed by atoms with van der Waals surface area (Å²) in [5.74, 6) is 0. The third-order valence-electron chi connectivity index (χ3n) is 2.02. The van der Waals surface area contributed by atoms with E-state index >= 15 is 0 Å². The van der Waals surface area contributed by atoms with Gasteiger partial charge in [0.2, 0.25) is 0 Å². The summed E-state index contributed by atoms with van der Waals surface area (Å²) < 4.78 is 1.09. The van der Waals surface area contributed by atoms with Gasteiger partial charge in [-0.3, -0.25) is 0 Å². The summed E-state index contributed by atoms with van der Waals surface area (Å²) >= 11 is 5.02. The maximum absolute atomic E-state index is 9.04. The molecule has 5 heteroatoms. The first kappa shape index (κ1) is 12.1. The highest BCUT2D eigenvalue weighted by atomic mass is 79.9. The molecule has 0 fully saturated rings. The van der Waals surface area contributed by atoms with Gasteiger partial charge in [-0.15, -0.1) is 11.3 Å². The van der Waals surface area contributed by atoms with Gasteiger partial charge in [0, 0.05) is 11.4 Å². The Morgan fingerprint density at radius 3 is 2.50 bits per heavy atom. The van der Waals surface area contributed by atoms with Crippen molar-refractivity contribution < 1.29 is 10.2 Å². The number of thiophene rings is 1. The van der Waals surface area contributed by atoms with Crippen LogP contribution in [0, 0.1) is 0 Å². The molecule has 0 unspecified atom stereocenters. The van der Waals surface area contributed by atoms with Crippen LogP contribution >= 0.6 is 27.3 Å². The fraction of sp³-hybridized carbons (Fsp3) is 0.556. The molecule has 1 aromatic rings. The van der Waals surface area contributed by atoms with Crippen LogP contribution in [0.4, 0.5) is 0 Å². The van der Waals surface area contributed by atoms with Crippen molar-refractivity contribution in [2.45, 2.75) is 19.0 Å². The van der Waals surface area contributed by atoms with Crippen LogP contribution in [0.25, 0.3) is 0 Å². The Bertz CT molecular complexity index is 286. The van der Waals surface area contributed by atoms with Crippen molar-refractivity contribution in [1.29, 1.82) is 0 Å². The van der Waals surface area contributed by atoms with Crippen molar-refractivity contribution >= 4 is 27.3 Å². The van der Waals surface area contributed by atoms with E-state index in [1.165, 1.54) is 4.88 Å². The number of nitrogens with one attached hydrogen (secondary N) is 1. The summed E-state index contributed by atoms with van der Waals surface area (Å²) in [5.41, 5.74) is -0.601. The lowest BCUT2D eigenvalue weighted by Crippen LogP contribution is -2.48. The van der Waals surface area contributed by atoms with E-state index in [0.717, 1.165) is 3.79 Å². The van der Waals surface area contributed by atoms with Crippen LogP contribution in [0.5, 0.6) is 0 Å². The zero-order valence-electron chi connectivity index (χ0n) is 7.96. The van der Waals surface area contributed by atoms with Gasteiger partial charge in [-0.05, 0) is 35.0 Å². The normalized spacial score (nSPS) is 12.0. The molecule has 0 spiro atoms. The van der Waals surface area contributed by atoms with Crippen molar-refractivity contribution in [2.24, 2.45) is 0 Å². The molecular formula is C9H14BrNO2S. The number of hydrogen-bond donors (Lipinski definition) is 3. The Balaban J connectivity index is 2.47. The van der Waals surface area contributed by atoms with Gasteiger partial charge in [0.05, 0.1) is 22.5 Å². The first-order valence-electron chi connectivity index (χ1n) is 4.30. The molecule has 1 heterocycles. The van der Waals surface area contributed by atoms with Gasteiger partial charge in [-0.1, -0.05) is 0 Å². The number of halogens is 1. The van der Waals surface area contributed by atoms with Crippen molar-refractivity contribution in [3.05, 3.63) is 20.8 Å². The molecule has 0 saturated heterocycles. The largest absolute Gasteiger partial charge is 0.394 e. The Morgan fingerprint density at radius 1 is 1.43 bits per heavy atom. The van der Waals surface area contributed by atoms with Gasteiger partial charge in [-0.2, -0.15) is 0 Å². The lowest BCUT2D eigenvalue weighted by molar-refractivity contribution is 0.103. The molecule has 80 valence electrons. The second kappa shape index (κ2) is 5.23. The maximum atomic E-state index is 9.04. The van der Waals surface area contributed by atoms with Crippen LogP contribution in [0.3, 0.4) is 0 Å². The van der Waals surface area contributed by atoms with E-state index < -0.39 is 5.54 Å². The minimum absolute atomic E-state index is 0.0734. The molecule has 1 aromatic heterocycles. The van der Waals surface area contributed by atoms with Crippen LogP contribution in [0.1, 0.15) is 11.8 Å². The van der Waals surface area contributed by atoms with Crippen LogP contribution in [0.15, 0.2) is 15.9 Å². The summed E-state index contributed by atoms with van der Waals surface area (Å²) in [6.45, 7) is 2.30. The third kappa shape index (κ3) is 3.33. The Kier molecular flexibility index (Phi) is 4.53. The molecular weight excluding hydrogens is 266 g/mol. The molecule has 0 radical (unpaired) electrons. The van der Waals surface area contributed by atoms with Crippen LogP contribution in [0.2, 0.25) is 0 Å². The summed E-state index contributed by atoms with van der Waals surface area (Å²) in [6, 6.07) is 3.99. The van der Waals surface area contributed by atoms with Crippen molar-refractivity contribution in [2.75, 3.05) is 13.2 Å². The van der Waals surface area contributed by atoms with Crippen LogP contribution in [-0.2, 0) is 6.54 Å². The highest BCUT2D eigenvalue weighted by Crippen LogP contribution is 2.22. The van der Waals surface area contributed by atoms with Gasteiger partial charge in [-0.25, -0.2) is 0 Å². The van der Waals surface area contributed by atoms with E-state index in [0.29, 0.717) is 6.54 Å². The standard InChI is InChI=1S/C9H14BrNO2S/c1-9(5-12,6-13)11-4-7-2-3-8(10)14-7/h2-3,11-13H,4-6H2,1H3. The second-order valence-electron chi connectivity index (χ2n) is 3.44. The average molecular weight is 280 g/mol. The predicted molar refractivity (Wildman–Crippen MR) is 61.4 cm³/mol. The fourth-order valence-electron chi connectivity index (χ4n) is 0.909. The topological polar surface area (TPSA) is 52.5 Å². The smallest absolute Gasteiger partial charge is 0.0701 e. The Hall–Kier alpha value is 0.0600. The SMILES string of the molecule is CC(CO)(CO)NCc1ccc(Br)s1. The zero-order valence-corrected chi connectivity index (χ0v) is 10.4. The molecule has 0 atom stereocenters. The molecule has 14 heavy (non-hydrogen) atoms. The lowest BCUT2D eigenvalue weighted by Gasteiger charge is -2.25. The van der Waals surface area contributed by atoms with E-state index in [4.69, 9.17) is 10.2 Å². The molecule has 1 rings (SSSR count). The number of aliphatic hydroxyl groups is 2. The quantitative estimate of drug-likeness (QED) is 0.763. The van der Waals surface area contributed by atoms with E-state index in [1.54, 1.807) is 18.3 Å². The Morgan fingerprint density at radius 2 is 2.07 bits per heavy atom. The first-order valence-corrected chi connectivity index (χ1v) is 5.91. The van der Waals surface area contributed by atoms with Crippen molar-refractivity contribution in [1.82, 2.24) is 5.32 Å². The third-order valence-corrected chi connectivity index (χ3v) is 3.64. The molecule has 0 bridgehead atoms. The fourth-order valence-corrected chi connectivity index (χ4v) is 2.33. The summed E-state index contributed by atoms with van der Waals surface area (Å²) in [5, 5.41) is 21.2. The number of rotatable bonds is 5.